The predicted octanol–water partition coefficient (Wildman–Crippen LogP) is -1.57. The summed E-state index contributed by atoms with van der Waals surface area (Å²) in [6.07, 6.45) is -10.6. The van der Waals surface area contributed by atoms with Crippen LogP contribution in [0, 0.1) is 11.8 Å². The Morgan fingerprint density at radius 1 is 1.16 bits per heavy atom. The number of phenolic OH excluding ortho intramolecular Hbond substituents is 1. The van der Waals surface area contributed by atoms with Crippen LogP contribution in [0.5, 0.6) is 11.5 Å². The molecule has 2 unspecified atom stereocenters. The number of hydrogen-bond donors (Lipinski definition) is 6. The molecule has 12 atom stereocenters. The van der Waals surface area contributed by atoms with Crippen LogP contribution < -0.4 is 4.74 Å². The minimum absolute atomic E-state index is 0.0753. The maximum Gasteiger partial charge on any atom is 0.338 e. The molecule has 4 heterocycles. The van der Waals surface area contributed by atoms with Gasteiger partial charge in [-0.15, -0.1) is 11.6 Å². The molecule has 1 aliphatic carbocycles. The summed E-state index contributed by atoms with van der Waals surface area (Å²) in [7, 11) is 1.34. The second-order valence-corrected chi connectivity index (χ2v) is 10.1. The van der Waals surface area contributed by atoms with E-state index in [1.165, 1.54) is 25.3 Å². The molecule has 0 aromatic heterocycles. The summed E-state index contributed by atoms with van der Waals surface area (Å²) in [5.74, 6) is -2.32. The standard InChI is InChI=1S/C23H29ClO13/c1-32-11-4-8(2-3-10(11)26)20(30)36-18-9-5-13-33-7-23(31,19(18)24)14(9)21(35-13)37-22-17(29)16(28)15(27)12(6-25)34-22/h2-4,9,12-19,21-22,25-29,31H,5-7H2,1H3/t9-,12-,13?,14-,15+,16+,17-,18+,19-,21+,22+,23?/m1/s1. The van der Waals surface area contributed by atoms with Gasteiger partial charge in [0.2, 0.25) is 0 Å². The molecule has 4 saturated heterocycles. The number of benzene rings is 1. The van der Waals surface area contributed by atoms with Gasteiger partial charge < -0.3 is 59.1 Å². The molecule has 4 bridgehead atoms. The van der Waals surface area contributed by atoms with Gasteiger partial charge in [-0.05, 0) is 18.2 Å². The highest BCUT2D eigenvalue weighted by atomic mass is 35.5. The first-order chi connectivity index (χ1) is 17.6. The molecule has 206 valence electrons. The predicted molar refractivity (Wildman–Crippen MR) is 120 cm³/mol. The van der Waals surface area contributed by atoms with Gasteiger partial charge in [0.15, 0.2) is 30.4 Å². The van der Waals surface area contributed by atoms with Crippen LogP contribution in [-0.2, 0) is 23.7 Å². The second kappa shape index (κ2) is 10.1. The molecule has 0 spiro atoms. The summed E-state index contributed by atoms with van der Waals surface area (Å²) in [6.45, 7) is -0.898. The lowest BCUT2D eigenvalue weighted by Gasteiger charge is -2.44. The zero-order chi connectivity index (χ0) is 26.6. The molecule has 6 rings (SSSR count). The van der Waals surface area contributed by atoms with Crippen molar-refractivity contribution >= 4 is 17.6 Å². The third-order valence-corrected chi connectivity index (χ3v) is 8.17. The molecule has 5 aliphatic rings. The van der Waals surface area contributed by atoms with Crippen molar-refractivity contribution in [2.24, 2.45) is 11.8 Å². The van der Waals surface area contributed by atoms with Gasteiger partial charge >= 0.3 is 5.97 Å². The lowest BCUT2D eigenvalue weighted by molar-refractivity contribution is -0.370. The molecule has 1 aromatic carbocycles. The van der Waals surface area contributed by atoms with E-state index in [-0.39, 0.29) is 30.1 Å². The van der Waals surface area contributed by atoms with Gasteiger partial charge in [0.05, 0.1) is 25.9 Å². The van der Waals surface area contributed by atoms with Crippen LogP contribution in [0.2, 0.25) is 0 Å². The topological polar surface area (TPSA) is 194 Å². The van der Waals surface area contributed by atoms with E-state index in [4.69, 9.17) is 40.0 Å². The lowest BCUT2D eigenvalue weighted by Crippen LogP contribution is -2.61. The van der Waals surface area contributed by atoms with Crippen LogP contribution in [0.3, 0.4) is 0 Å². The molecule has 4 aliphatic heterocycles. The summed E-state index contributed by atoms with van der Waals surface area (Å²) < 4.78 is 33.5. The molecule has 1 saturated carbocycles. The number of fused-ring (bicyclic) bond motifs is 2. The Morgan fingerprint density at radius 2 is 1.92 bits per heavy atom. The highest BCUT2D eigenvalue weighted by Crippen LogP contribution is 2.55. The van der Waals surface area contributed by atoms with E-state index in [0.29, 0.717) is 0 Å². The molecule has 0 amide bonds. The number of alkyl halides is 1. The first-order valence-electron chi connectivity index (χ1n) is 11.8. The smallest absolute Gasteiger partial charge is 0.338 e. The summed E-state index contributed by atoms with van der Waals surface area (Å²) >= 11 is 6.66. The highest BCUT2D eigenvalue weighted by molar-refractivity contribution is 6.22. The largest absolute Gasteiger partial charge is 0.504 e. The fraction of sp³-hybridized carbons (Fsp3) is 0.696. The minimum atomic E-state index is -1.77. The maximum absolute atomic E-state index is 13.0. The third kappa shape index (κ3) is 4.46. The summed E-state index contributed by atoms with van der Waals surface area (Å²) in [5.41, 5.74) is -1.68. The van der Waals surface area contributed by atoms with Crippen molar-refractivity contribution in [2.75, 3.05) is 20.3 Å². The van der Waals surface area contributed by atoms with Gasteiger partial charge in [-0.2, -0.15) is 0 Å². The highest BCUT2D eigenvalue weighted by Gasteiger charge is 2.68. The van der Waals surface area contributed by atoms with E-state index in [0.717, 1.165) is 0 Å². The van der Waals surface area contributed by atoms with Gasteiger partial charge in [-0.1, -0.05) is 0 Å². The van der Waals surface area contributed by atoms with Gasteiger partial charge in [-0.25, -0.2) is 4.79 Å². The van der Waals surface area contributed by atoms with E-state index >= 15 is 0 Å². The van der Waals surface area contributed by atoms with E-state index in [2.05, 4.69) is 0 Å². The number of hydrogen-bond acceptors (Lipinski definition) is 13. The number of phenols is 1. The molecule has 0 radical (unpaired) electrons. The number of carbonyl (C=O) groups excluding carboxylic acids is 1. The fourth-order valence-electron chi connectivity index (χ4n) is 5.57. The minimum Gasteiger partial charge on any atom is -0.504 e. The molecule has 5 fully saturated rings. The molecular weight excluding hydrogens is 520 g/mol. The quantitative estimate of drug-likeness (QED) is 0.176. The Balaban J connectivity index is 1.38. The number of methoxy groups -OCH3 is 1. The van der Waals surface area contributed by atoms with Crippen LogP contribution >= 0.6 is 11.6 Å². The first-order valence-corrected chi connectivity index (χ1v) is 12.2. The lowest BCUT2D eigenvalue weighted by atomic mass is 9.83. The SMILES string of the molecule is COc1cc(C(=O)O[C@H]2[C@@H]3CC4OCC(O)([C@H]3[C@H](O[C@@H]3O[C@H](CO)[C@H](O)[C@H](O)[C@H]3O)O4)[C@@H]2Cl)ccc1O. The van der Waals surface area contributed by atoms with Crippen LogP contribution in [0.4, 0.5) is 0 Å². The number of esters is 1. The van der Waals surface area contributed by atoms with E-state index in [9.17, 15) is 35.4 Å². The number of rotatable bonds is 6. The molecular formula is C23H29ClO13. The Morgan fingerprint density at radius 3 is 2.62 bits per heavy atom. The maximum atomic E-state index is 13.0. The average molecular weight is 549 g/mol. The zero-order valence-corrected chi connectivity index (χ0v) is 20.4. The first kappa shape index (κ1) is 26.8. The van der Waals surface area contributed by atoms with Gasteiger partial charge in [0, 0.05) is 18.3 Å². The van der Waals surface area contributed by atoms with Gasteiger partial charge in [0.1, 0.15) is 41.5 Å². The number of carbonyl (C=O) groups is 1. The number of aromatic hydroxyl groups is 1. The Labute approximate surface area is 216 Å². The molecule has 37 heavy (non-hydrogen) atoms. The number of aliphatic hydroxyl groups excluding tert-OH is 4. The number of aliphatic hydroxyl groups is 5. The van der Waals surface area contributed by atoms with Gasteiger partial charge in [-0.3, -0.25) is 0 Å². The summed E-state index contributed by atoms with van der Waals surface area (Å²) in [6, 6.07) is 3.95. The van der Waals surface area contributed by atoms with E-state index in [1.54, 1.807) is 0 Å². The molecule has 13 nitrogen and oxygen atoms in total. The van der Waals surface area contributed by atoms with Gasteiger partial charge in [0.25, 0.3) is 0 Å². The summed E-state index contributed by atoms with van der Waals surface area (Å²) in [4.78, 5) is 13.0. The van der Waals surface area contributed by atoms with Crippen molar-refractivity contribution in [3.05, 3.63) is 23.8 Å². The van der Waals surface area contributed by atoms with Crippen LogP contribution in [0.1, 0.15) is 16.8 Å². The molecule has 6 N–H and O–H groups in total. The van der Waals surface area contributed by atoms with Crippen molar-refractivity contribution < 1.29 is 63.9 Å². The normalized spacial score (nSPS) is 44.9. The van der Waals surface area contributed by atoms with Crippen LogP contribution in [0.25, 0.3) is 0 Å². The third-order valence-electron chi connectivity index (χ3n) is 7.55. The average Bonchev–Trinajstić information content (AvgIpc) is 3.00. The zero-order valence-electron chi connectivity index (χ0n) is 19.6. The number of halogens is 1. The number of ether oxygens (including phenoxy) is 6. The Kier molecular flexibility index (Phi) is 7.30. The van der Waals surface area contributed by atoms with Crippen molar-refractivity contribution in [3.63, 3.8) is 0 Å². The monoisotopic (exact) mass is 548 g/mol. The Hall–Kier alpha value is -1.78. The Bertz CT molecular complexity index is 1010. The van der Waals surface area contributed by atoms with Crippen molar-refractivity contribution in [1.29, 1.82) is 0 Å². The van der Waals surface area contributed by atoms with Crippen LogP contribution in [-0.4, -0.2) is 117 Å². The summed E-state index contributed by atoms with van der Waals surface area (Å²) in [5, 5.41) is 60.3. The molecule has 14 heteroatoms. The van der Waals surface area contributed by atoms with Crippen LogP contribution in [0.15, 0.2) is 18.2 Å². The molecule has 1 aromatic rings. The van der Waals surface area contributed by atoms with Crippen molar-refractivity contribution in [1.82, 2.24) is 0 Å². The van der Waals surface area contributed by atoms with E-state index < -0.39 is 84.8 Å². The fourth-order valence-corrected chi connectivity index (χ4v) is 6.02. The van der Waals surface area contributed by atoms with Crippen molar-refractivity contribution in [3.8, 4) is 11.5 Å². The van der Waals surface area contributed by atoms with Crippen molar-refractivity contribution in [2.45, 2.75) is 66.8 Å². The van der Waals surface area contributed by atoms with E-state index in [1.807, 2.05) is 0 Å². The second-order valence-electron chi connectivity index (χ2n) is 9.65.